The van der Waals surface area contributed by atoms with Crippen molar-refractivity contribution in [2.24, 2.45) is 0 Å². The van der Waals surface area contributed by atoms with E-state index in [9.17, 15) is 22.0 Å². The number of thiocarbonyl (C=S) groups is 1. The van der Waals surface area contributed by atoms with Gasteiger partial charge in [0.05, 0.1) is 24.6 Å². The van der Waals surface area contributed by atoms with Crippen molar-refractivity contribution in [2.45, 2.75) is 31.3 Å². The minimum absolute atomic E-state index is 0.0278. The second-order valence-corrected chi connectivity index (χ2v) is 9.42. The van der Waals surface area contributed by atoms with E-state index in [1.807, 2.05) is 12.1 Å². The maximum Gasteiger partial charge on any atom is 0.414 e. The number of halogens is 2. The van der Waals surface area contributed by atoms with E-state index in [2.05, 4.69) is 17.5 Å². The van der Waals surface area contributed by atoms with Gasteiger partial charge in [0.25, 0.3) is 6.43 Å². The molecule has 148 valence electrons. The summed E-state index contributed by atoms with van der Waals surface area (Å²) in [7, 11) is -2.91. The van der Waals surface area contributed by atoms with Gasteiger partial charge in [-0.3, -0.25) is 4.90 Å². The molecule has 2 fully saturated rings. The normalized spacial score (nSPS) is 22.7. The van der Waals surface area contributed by atoms with Gasteiger partial charge in [0.2, 0.25) is 0 Å². The zero-order valence-corrected chi connectivity index (χ0v) is 16.1. The van der Waals surface area contributed by atoms with Gasteiger partial charge in [-0.25, -0.2) is 22.0 Å². The summed E-state index contributed by atoms with van der Waals surface area (Å²) in [6.07, 6.45) is -2.65. The number of rotatable bonds is 5. The first-order chi connectivity index (χ1) is 12.7. The third-order valence-electron chi connectivity index (χ3n) is 4.81. The molecule has 6 nitrogen and oxygen atoms in total. The fourth-order valence-corrected chi connectivity index (χ4v) is 4.85. The largest absolute Gasteiger partial charge is 0.442 e. The second kappa shape index (κ2) is 8.05. The molecule has 2 aliphatic heterocycles. The number of ether oxygens (including phenoxy) is 1. The average Bonchev–Trinajstić information content (AvgIpc) is 3.00. The molecule has 0 radical (unpaired) electrons. The molecule has 10 heteroatoms. The number of carbonyl (C=O) groups excluding carboxylic acids is 1. The van der Waals surface area contributed by atoms with Gasteiger partial charge in [0.1, 0.15) is 20.9 Å². The molecule has 0 aliphatic carbocycles. The summed E-state index contributed by atoms with van der Waals surface area (Å²) in [4.78, 5) is 12.9. The summed E-state index contributed by atoms with van der Waals surface area (Å²) < 4.78 is 53.1. The smallest absolute Gasteiger partial charge is 0.414 e. The molecule has 0 saturated carbocycles. The quantitative estimate of drug-likeness (QED) is 0.741. The number of nitrogens with zero attached hydrogens (tertiary/aromatic N) is 1. The molecule has 1 N–H and O–H groups in total. The van der Waals surface area contributed by atoms with E-state index in [-0.39, 0.29) is 30.5 Å². The lowest BCUT2D eigenvalue weighted by Gasteiger charge is -2.23. The SMILES string of the molecule is O=C1OC(CNC(=S)C(F)F)CN1c1ccc(C2CCS(=O)(=O)CC2)cc1. The molecule has 1 aromatic carbocycles. The molecule has 27 heavy (non-hydrogen) atoms. The number of anilines is 1. The van der Waals surface area contributed by atoms with Crippen LogP contribution in [0.15, 0.2) is 24.3 Å². The van der Waals surface area contributed by atoms with Crippen molar-refractivity contribution >= 4 is 38.8 Å². The Balaban J connectivity index is 1.58. The summed E-state index contributed by atoms with van der Waals surface area (Å²) in [6.45, 7) is 0.263. The highest BCUT2D eigenvalue weighted by molar-refractivity contribution is 7.91. The minimum Gasteiger partial charge on any atom is -0.442 e. The lowest BCUT2D eigenvalue weighted by atomic mass is 9.93. The predicted octanol–water partition coefficient (Wildman–Crippen LogP) is 2.49. The van der Waals surface area contributed by atoms with Gasteiger partial charge in [-0.05, 0) is 36.5 Å². The van der Waals surface area contributed by atoms with Crippen molar-refractivity contribution in [3.05, 3.63) is 29.8 Å². The summed E-state index contributed by atoms with van der Waals surface area (Å²) in [5.74, 6) is 0.598. The molecule has 2 aliphatic rings. The molecule has 1 amide bonds. The first-order valence-corrected chi connectivity index (χ1v) is 10.8. The van der Waals surface area contributed by atoms with Gasteiger partial charge in [-0.2, -0.15) is 0 Å². The van der Waals surface area contributed by atoms with Crippen LogP contribution in [0.25, 0.3) is 0 Å². The fraction of sp³-hybridized carbons (Fsp3) is 0.529. The molecule has 2 saturated heterocycles. The van der Waals surface area contributed by atoms with Crippen molar-refractivity contribution in [2.75, 3.05) is 29.5 Å². The van der Waals surface area contributed by atoms with E-state index in [1.54, 1.807) is 12.1 Å². The average molecular weight is 418 g/mol. The van der Waals surface area contributed by atoms with Crippen LogP contribution in [0.4, 0.5) is 19.3 Å². The third-order valence-corrected chi connectivity index (χ3v) is 6.84. The topological polar surface area (TPSA) is 75.7 Å². The fourth-order valence-electron chi connectivity index (χ4n) is 3.28. The monoisotopic (exact) mass is 418 g/mol. The van der Waals surface area contributed by atoms with Gasteiger partial charge >= 0.3 is 6.09 Å². The standard InChI is InChI=1S/C17H20F2N2O4S2/c18-15(19)16(26)20-9-14-10-21(17(22)25-14)13-3-1-11(2-4-13)12-5-7-27(23,24)8-6-12/h1-4,12,14-15H,5-10H2,(H,20,26). The minimum atomic E-state index is -2.91. The number of benzene rings is 1. The van der Waals surface area contributed by atoms with Crippen molar-refractivity contribution in [3.8, 4) is 0 Å². The Hall–Kier alpha value is -1.81. The molecule has 1 atom stereocenters. The zero-order chi connectivity index (χ0) is 19.6. The molecule has 1 unspecified atom stereocenters. The Bertz CT molecular complexity index is 801. The molecular formula is C17H20F2N2O4S2. The Kier molecular flexibility index (Phi) is 5.95. The molecule has 3 rings (SSSR count). The molecule has 0 bridgehead atoms. The van der Waals surface area contributed by atoms with Gasteiger partial charge in [0.15, 0.2) is 0 Å². The number of amides is 1. The number of sulfone groups is 1. The van der Waals surface area contributed by atoms with Crippen LogP contribution in [0.3, 0.4) is 0 Å². The zero-order valence-electron chi connectivity index (χ0n) is 14.4. The predicted molar refractivity (Wildman–Crippen MR) is 101 cm³/mol. The lowest BCUT2D eigenvalue weighted by molar-refractivity contribution is 0.142. The summed E-state index contributed by atoms with van der Waals surface area (Å²) in [5.41, 5.74) is 1.69. The van der Waals surface area contributed by atoms with E-state index >= 15 is 0 Å². The van der Waals surface area contributed by atoms with Crippen LogP contribution >= 0.6 is 12.2 Å². The Labute approximate surface area is 161 Å². The van der Waals surface area contributed by atoms with Gasteiger partial charge in [-0.15, -0.1) is 0 Å². The number of hydrogen-bond acceptors (Lipinski definition) is 5. The molecular weight excluding hydrogens is 398 g/mol. The van der Waals surface area contributed by atoms with Crippen LogP contribution in [0.5, 0.6) is 0 Å². The maximum atomic E-state index is 12.4. The van der Waals surface area contributed by atoms with Gasteiger partial charge in [-0.1, -0.05) is 24.4 Å². The summed E-state index contributed by atoms with van der Waals surface area (Å²) in [5, 5.41) is 2.40. The number of cyclic esters (lactones) is 1. The van der Waals surface area contributed by atoms with E-state index in [1.165, 1.54) is 4.90 Å². The maximum absolute atomic E-state index is 12.4. The van der Waals surface area contributed by atoms with Gasteiger partial charge < -0.3 is 10.1 Å². The van der Waals surface area contributed by atoms with Gasteiger partial charge in [0, 0.05) is 5.69 Å². The van der Waals surface area contributed by atoms with Crippen LogP contribution < -0.4 is 10.2 Å². The van der Waals surface area contributed by atoms with Crippen LogP contribution in [0.1, 0.15) is 24.3 Å². The summed E-state index contributed by atoms with van der Waals surface area (Å²) in [6, 6.07) is 7.37. The first-order valence-electron chi connectivity index (χ1n) is 8.59. The highest BCUT2D eigenvalue weighted by Gasteiger charge is 2.33. The van der Waals surface area contributed by atoms with E-state index in [0.29, 0.717) is 18.5 Å². The van der Waals surface area contributed by atoms with Crippen LogP contribution in [0, 0.1) is 0 Å². The highest BCUT2D eigenvalue weighted by atomic mass is 32.2. The Morgan fingerprint density at radius 1 is 1.26 bits per heavy atom. The first kappa shape index (κ1) is 19.9. The molecule has 1 aromatic rings. The van der Waals surface area contributed by atoms with Crippen molar-refractivity contribution in [1.82, 2.24) is 5.32 Å². The van der Waals surface area contributed by atoms with Crippen LogP contribution in [-0.4, -0.2) is 56.6 Å². The van der Waals surface area contributed by atoms with E-state index in [0.717, 1.165) is 5.56 Å². The molecule has 0 spiro atoms. The van der Waals surface area contributed by atoms with Crippen molar-refractivity contribution < 1.29 is 26.7 Å². The second-order valence-electron chi connectivity index (χ2n) is 6.68. The number of alkyl halides is 2. The van der Waals surface area contributed by atoms with Crippen molar-refractivity contribution in [3.63, 3.8) is 0 Å². The van der Waals surface area contributed by atoms with Crippen LogP contribution in [0.2, 0.25) is 0 Å². The highest BCUT2D eigenvalue weighted by Crippen LogP contribution is 2.31. The van der Waals surface area contributed by atoms with Crippen molar-refractivity contribution in [1.29, 1.82) is 0 Å². The lowest BCUT2D eigenvalue weighted by Crippen LogP contribution is -2.36. The van der Waals surface area contributed by atoms with E-state index in [4.69, 9.17) is 4.74 Å². The Morgan fingerprint density at radius 3 is 2.48 bits per heavy atom. The Morgan fingerprint density at radius 2 is 1.89 bits per heavy atom. The number of nitrogens with one attached hydrogen (secondary N) is 1. The number of hydrogen-bond donors (Lipinski definition) is 1. The third kappa shape index (κ3) is 4.92. The van der Waals surface area contributed by atoms with E-state index < -0.39 is 33.4 Å². The number of carbonyl (C=O) groups is 1. The molecule has 2 heterocycles. The van der Waals surface area contributed by atoms with Crippen LogP contribution in [-0.2, 0) is 14.6 Å². The molecule has 0 aromatic heterocycles. The summed E-state index contributed by atoms with van der Waals surface area (Å²) >= 11 is 4.50.